The number of hydrogen-bond donors (Lipinski definition) is 1. The Labute approximate surface area is 217 Å². The lowest BCUT2D eigenvalue weighted by Gasteiger charge is -2.19. The molecule has 0 atom stereocenters. The maximum absolute atomic E-state index is 12.2. The molecule has 0 saturated carbocycles. The highest BCUT2D eigenvalue weighted by molar-refractivity contribution is 5.84. The number of carbonyl (C=O) groups excluding carboxylic acids is 2. The van der Waals surface area contributed by atoms with Gasteiger partial charge < -0.3 is 19.4 Å². The van der Waals surface area contributed by atoms with E-state index >= 15 is 0 Å². The van der Waals surface area contributed by atoms with Crippen LogP contribution in [-0.4, -0.2) is 27.7 Å². The minimum Gasteiger partial charge on any atom is -0.428 e. The van der Waals surface area contributed by atoms with Crippen LogP contribution in [0.5, 0.6) is 5.75 Å². The van der Waals surface area contributed by atoms with E-state index in [9.17, 15) is 9.59 Å². The second kappa shape index (κ2) is 11.3. The molecule has 7 nitrogen and oxygen atoms in total. The average Bonchev–Trinajstić information content (AvgIpc) is 3.19. The monoisotopic (exact) mass is 499 g/mol. The Hall–Kier alpha value is -4.13. The second-order valence-electron chi connectivity index (χ2n) is 9.94. The van der Waals surface area contributed by atoms with E-state index in [0.29, 0.717) is 18.7 Å². The van der Waals surface area contributed by atoms with E-state index in [2.05, 4.69) is 28.9 Å². The summed E-state index contributed by atoms with van der Waals surface area (Å²) in [5.41, 5.74) is 4.85. The summed E-state index contributed by atoms with van der Waals surface area (Å²) in [6.07, 6.45) is 2.97. The number of imidazole rings is 1. The number of ether oxygens (including phenoxy) is 2. The molecule has 37 heavy (non-hydrogen) atoms. The molecule has 0 saturated heterocycles. The molecule has 0 aliphatic rings. The highest BCUT2D eigenvalue weighted by atomic mass is 16.7. The first-order valence-electron chi connectivity index (χ1n) is 12.6. The summed E-state index contributed by atoms with van der Waals surface area (Å²) in [6.45, 7) is 8.22. The van der Waals surface area contributed by atoms with Crippen molar-refractivity contribution >= 4 is 29.3 Å². The number of aromatic nitrogens is 2. The molecule has 3 aromatic carbocycles. The lowest BCUT2D eigenvalue weighted by atomic mass is 10.0. The molecule has 0 unspecified atom stereocenters. The number of nitrogens with one attached hydrogen (secondary N) is 1. The van der Waals surface area contributed by atoms with Crippen LogP contribution in [0.3, 0.4) is 0 Å². The van der Waals surface area contributed by atoms with Gasteiger partial charge in [0.1, 0.15) is 17.2 Å². The van der Waals surface area contributed by atoms with Crippen LogP contribution in [0, 0.1) is 0 Å². The third-order valence-corrected chi connectivity index (χ3v) is 5.88. The van der Waals surface area contributed by atoms with Crippen molar-refractivity contribution in [1.29, 1.82) is 0 Å². The SMILES string of the molecule is CCCCc1nc2ccc(NC=O)cc2n1Cc1ccc(-c2ccccc2OC(=O)OC(C)(C)C)cc1. The molecule has 1 N–H and O–H groups in total. The minimum absolute atomic E-state index is 0.446. The number of carbonyl (C=O) groups is 2. The smallest absolute Gasteiger partial charge is 0.428 e. The highest BCUT2D eigenvalue weighted by Gasteiger charge is 2.19. The van der Waals surface area contributed by atoms with E-state index in [-0.39, 0.29) is 0 Å². The third kappa shape index (κ3) is 6.55. The van der Waals surface area contributed by atoms with Crippen molar-refractivity contribution in [2.24, 2.45) is 0 Å². The van der Waals surface area contributed by atoms with Crippen molar-refractivity contribution in [2.45, 2.75) is 59.1 Å². The number of para-hydroxylation sites is 1. The van der Waals surface area contributed by atoms with Crippen molar-refractivity contribution in [3.63, 3.8) is 0 Å². The molecular weight excluding hydrogens is 466 g/mol. The van der Waals surface area contributed by atoms with E-state index in [4.69, 9.17) is 14.5 Å². The molecule has 1 amide bonds. The Morgan fingerprint density at radius 2 is 1.81 bits per heavy atom. The maximum atomic E-state index is 12.2. The topological polar surface area (TPSA) is 82.5 Å². The van der Waals surface area contributed by atoms with Crippen LogP contribution in [0.4, 0.5) is 10.5 Å². The molecule has 0 radical (unpaired) electrons. The van der Waals surface area contributed by atoms with Crippen LogP contribution in [0.1, 0.15) is 51.9 Å². The summed E-state index contributed by atoms with van der Waals surface area (Å²) >= 11 is 0. The Balaban J connectivity index is 1.60. The fourth-order valence-corrected chi connectivity index (χ4v) is 4.16. The van der Waals surface area contributed by atoms with Gasteiger partial charge >= 0.3 is 6.16 Å². The number of nitrogens with zero attached hydrogens (tertiary/aromatic N) is 2. The van der Waals surface area contributed by atoms with Crippen LogP contribution in [0.2, 0.25) is 0 Å². The number of amides is 1. The third-order valence-electron chi connectivity index (χ3n) is 5.88. The number of hydrogen-bond acceptors (Lipinski definition) is 5. The normalized spacial score (nSPS) is 11.4. The van der Waals surface area contributed by atoms with Gasteiger partial charge in [-0.05, 0) is 62.6 Å². The van der Waals surface area contributed by atoms with Gasteiger partial charge in [0.25, 0.3) is 0 Å². The summed E-state index contributed by atoms with van der Waals surface area (Å²) < 4.78 is 13.1. The minimum atomic E-state index is -0.730. The molecule has 192 valence electrons. The first-order valence-corrected chi connectivity index (χ1v) is 12.6. The highest BCUT2D eigenvalue weighted by Crippen LogP contribution is 2.31. The largest absolute Gasteiger partial charge is 0.514 e. The van der Waals surface area contributed by atoms with Crippen molar-refractivity contribution in [2.75, 3.05) is 5.32 Å². The van der Waals surface area contributed by atoms with Crippen molar-refractivity contribution in [3.05, 3.63) is 78.1 Å². The van der Waals surface area contributed by atoms with Crippen LogP contribution >= 0.6 is 0 Å². The Morgan fingerprint density at radius 1 is 1.05 bits per heavy atom. The van der Waals surface area contributed by atoms with E-state index in [0.717, 1.165) is 58.5 Å². The molecular formula is C30H33N3O4. The molecule has 0 bridgehead atoms. The molecule has 1 heterocycles. The van der Waals surface area contributed by atoms with E-state index < -0.39 is 11.8 Å². The molecule has 0 spiro atoms. The number of unbranched alkanes of at least 4 members (excludes halogenated alkanes) is 1. The molecule has 7 heteroatoms. The summed E-state index contributed by atoms with van der Waals surface area (Å²) in [7, 11) is 0. The van der Waals surface area contributed by atoms with Crippen LogP contribution in [0.25, 0.3) is 22.2 Å². The summed E-state index contributed by atoms with van der Waals surface area (Å²) in [5, 5.41) is 2.73. The van der Waals surface area contributed by atoms with Gasteiger partial charge in [-0.25, -0.2) is 9.78 Å². The van der Waals surface area contributed by atoms with Gasteiger partial charge in [0, 0.05) is 24.2 Å². The fraction of sp³-hybridized carbons (Fsp3) is 0.300. The van der Waals surface area contributed by atoms with Gasteiger partial charge in [-0.15, -0.1) is 0 Å². The fourth-order valence-electron chi connectivity index (χ4n) is 4.16. The van der Waals surface area contributed by atoms with Gasteiger partial charge in [-0.2, -0.15) is 0 Å². The predicted molar refractivity (Wildman–Crippen MR) is 146 cm³/mol. The maximum Gasteiger partial charge on any atom is 0.514 e. The van der Waals surface area contributed by atoms with Gasteiger partial charge in [0.05, 0.1) is 11.0 Å². The lowest BCUT2D eigenvalue weighted by molar-refractivity contribution is -0.105. The first-order chi connectivity index (χ1) is 17.8. The van der Waals surface area contributed by atoms with Crippen molar-refractivity contribution in [1.82, 2.24) is 9.55 Å². The predicted octanol–water partition coefficient (Wildman–Crippen LogP) is 6.98. The van der Waals surface area contributed by atoms with Crippen LogP contribution in [-0.2, 0) is 22.5 Å². The van der Waals surface area contributed by atoms with E-state index in [1.807, 2.05) is 48.5 Å². The number of fused-ring (bicyclic) bond motifs is 1. The van der Waals surface area contributed by atoms with Crippen molar-refractivity contribution in [3.8, 4) is 16.9 Å². The lowest BCUT2D eigenvalue weighted by Crippen LogP contribution is -2.26. The summed E-state index contributed by atoms with van der Waals surface area (Å²) in [4.78, 5) is 28.1. The molecule has 0 aliphatic heterocycles. The number of benzene rings is 3. The zero-order valence-electron chi connectivity index (χ0n) is 21.8. The number of anilines is 1. The summed E-state index contributed by atoms with van der Waals surface area (Å²) in [5.74, 6) is 1.47. The molecule has 1 aromatic heterocycles. The number of aryl methyl sites for hydroxylation is 1. The Bertz CT molecular complexity index is 1380. The van der Waals surface area contributed by atoms with Gasteiger partial charge in [-0.3, -0.25) is 4.79 Å². The number of rotatable bonds is 9. The van der Waals surface area contributed by atoms with Crippen LogP contribution in [0.15, 0.2) is 66.7 Å². The molecule has 4 aromatic rings. The van der Waals surface area contributed by atoms with Gasteiger partial charge in [0.2, 0.25) is 6.41 Å². The first kappa shape index (κ1) is 25.9. The second-order valence-corrected chi connectivity index (χ2v) is 9.94. The van der Waals surface area contributed by atoms with Crippen LogP contribution < -0.4 is 10.1 Å². The zero-order chi connectivity index (χ0) is 26.4. The van der Waals surface area contributed by atoms with Gasteiger partial charge in [-0.1, -0.05) is 55.8 Å². The quantitative estimate of drug-likeness (QED) is 0.153. The molecule has 4 rings (SSSR count). The standard InChI is InChI=1S/C30H33N3O4/c1-5-6-11-28-32-25-17-16-23(31-20-34)18-26(25)33(28)19-21-12-14-22(15-13-21)24-9-7-8-10-27(24)36-29(35)37-30(2,3)4/h7-10,12-18,20H,5-6,11,19H2,1-4H3,(H,31,34). The average molecular weight is 500 g/mol. The summed E-state index contributed by atoms with van der Waals surface area (Å²) in [6, 6.07) is 21.4. The van der Waals surface area contributed by atoms with E-state index in [1.165, 1.54) is 0 Å². The molecule has 0 aliphatic carbocycles. The Kier molecular flexibility index (Phi) is 7.92. The van der Waals surface area contributed by atoms with E-state index in [1.54, 1.807) is 26.8 Å². The van der Waals surface area contributed by atoms with Gasteiger partial charge in [0.15, 0.2) is 0 Å². The van der Waals surface area contributed by atoms with Crippen molar-refractivity contribution < 1.29 is 19.1 Å². The zero-order valence-corrected chi connectivity index (χ0v) is 21.8. The Morgan fingerprint density at radius 3 is 2.51 bits per heavy atom. The molecule has 0 fully saturated rings.